The predicted octanol–water partition coefficient (Wildman–Crippen LogP) is 4.00. The molecule has 128 valence electrons. The third-order valence-corrected chi connectivity index (χ3v) is 4.34. The van der Waals surface area contributed by atoms with Crippen molar-refractivity contribution in [1.29, 1.82) is 0 Å². The fraction of sp³-hybridized carbons (Fsp3) is 0.238. The van der Waals surface area contributed by atoms with Crippen LogP contribution < -0.4 is 5.32 Å². The van der Waals surface area contributed by atoms with Gasteiger partial charge in [-0.25, -0.2) is 4.98 Å². The van der Waals surface area contributed by atoms with Crippen LogP contribution in [0.25, 0.3) is 11.1 Å². The molecule has 3 aromatic rings. The Kier molecular flexibility index (Phi) is 5.29. The second kappa shape index (κ2) is 7.79. The third-order valence-electron chi connectivity index (χ3n) is 4.34. The number of aromatic nitrogens is 2. The molecule has 25 heavy (non-hydrogen) atoms. The molecule has 1 aromatic heterocycles. The highest BCUT2D eigenvalue weighted by molar-refractivity contribution is 5.94. The molecular weight excluding hydrogens is 310 g/mol. The maximum atomic E-state index is 12.6. The van der Waals surface area contributed by atoms with Gasteiger partial charge in [0.15, 0.2) is 0 Å². The zero-order valence-corrected chi connectivity index (χ0v) is 14.6. The highest BCUT2D eigenvalue weighted by Gasteiger charge is 2.17. The van der Waals surface area contributed by atoms with Crippen LogP contribution >= 0.6 is 0 Å². The molecule has 0 aliphatic rings. The largest absolute Gasteiger partial charge is 0.347 e. The van der Waals surface area contributed by atoms with Crippen LogP contribution in [0.3, 0.4) is 0 Å². The van der Waals surface area contributed by atoms with Crippen LogP contribution in [0.15, 0.2) is 73.3 Å². The molecule has 3 rings (SSSR count). The highest BCUT2D eigenvalue weighted by Crippen LogP contribution is 2.19. The van der Waals surface area contributed by atoms with E-state index >= 15 is 0 Å². The summed E-state index contributed by atoms with van der Waals surface area (Å²) in [5.74, 6) is 0.286. The van der Waals surface area contributed by atoms with Gasteiger partial charge >= 0.3 is 0 Å². The van der Waals surface area contributed by atoms with Crippen molar-refractivity contribution in [3.8, 4) is 11.1 Å². The number of rotatable bonds is 6. The van der Waals surface area contributed by atoms with Crippen LogP contribution in [0.1, 0.15) is 24.2 Å². The molecule has 0 fully saturated rings. The van der Waals surface area contributed by atoms with Gasteiger partial charge in [-0.3, -0.25) is 4.79 Å². The zero-order chi connectivity index (χ0) is 17.6. The van der Waals surface area contributed by atoms with Gasteiger partial charge in [0.25, 0.3) is 5.91 Å². The molecule has 0 unspecified atom stereocenters. The standard InChI is InChI=1S/C21H23N3O/c1-16(2)20(14-24-13-12-22-15-24)23-21(25)19-10-8-18(9-11-19)17-6-4-3-5-7-17/h3-13,15-16,20H,14H2,1-2H3,(H,23,25)/t20-/m1/s1. The van der Waals surface area contributed by atoms with E-state index in [1.807, 2.05) is 53.2 Å². The molecule has 4 heteroatoms. The Labute approximate surface area is 148 Å². The molecule has 0 bridgehead atoms. The molecule has 0 aliphatic carbocycles. The van der Waals surface area contributed by atoms with E-state index in [-0.39, 0.29) is 11.9 Å². The number of imidazole rings is 1. The van der Waals surface area contributed by atoms with Gasteiger partial charge in [-0.05, 0) is 29.2 Å². The Balaban J connectivity index is 1.69. The Hall–Kier alpha value is -2.88. The molecule has 0 saturated carbocycles. The van der Waals surface area contributed by atoms with Gasteiger partial charge in [0.1, 0.15) is 0 Å². The molecule has 4 nitrogen and oxygen atoms in total. The summed E-state index contributed by atoms with van der Waals surface area (Å²) in [7, 11) is 0. The van der Waals surface area contributed by atoms with Crippen LogP contribution in [-0.4, -0.2) is 21.5 Å². The van der Waals surface area contributed by atoms with E-state index in [9.17, 15) is 4.79 Å². The summed E-state index contributed by atoms with van der Waals surface area (Å²) >= 11 is 0. The fourth-order valence-corrected chi connectivity index (χ4v) is 2.74. The molecule has 0 radical (unpaired) electrons. The predicted molar refractivity (Wildman–Crippen MR) is 100 cm³/mol. The number of nitrogens with zero attached hydrogens (tertiary/aromatic N) is 2. The lowest BCUT2D eigenvalue weighted by Crippen LogP contribution is -2.41. The van der Waals surface area contributed by atoms with Crippen LogP contribution in [0, 0.1) is 5.92 Å². The number of carbonyl (C=O) groups is 1. The van der Waals surface area contributed by atoms with Gasteiger partial charge < -0.3 is 9.88 Å². The number of amides is 1. The molecule has 1 atom stereocenters. The van der Waals surface area contributed by atoms with E-state index in [0.29, 0.717) is 18.0 Å². The first-order valence-corrected chi connectivity index (χ1v) is 8.55. The van der Waals surface area contributed by atoms with Crippen molar-refractivity contribution in [2.45, 2.75) is 26.4 Å². The molecule has 2 aromatic carbocycles. The minimum Gasteiger partial charge on any atom is -0.347 e. The fourth-order valence-electron chi connectivity index (χ4n) is 2.74. The number of nitrogens with one attached hydrogen (secondary N) is 1. The van der Waals surface area contributed by atoms with Crippen molar-refractivity contribution >= 4 is 5.91 Å². The minimum atomic E-state index is -0.0431. The van der Waals surface area contributed by atoms with Gasteiger partial charge in [-0.2, -0.15) is 0 Å². The van der Waals surface area contributed by atoms with Crippen LogP contribution in [0.4, 0.5) is 0 Å². The van der Waals surface area contributed by atoms with Gasteiger partial charge in [-0.15, -0.1) is 0 Å². The highest BCUT2D eigenvalue weighted by atomic mass is 16.1. The normalized spacial score (nSPS) is 12.1. The Morgan fingerprint density at radius 3 is 2.32 bits per heavy atom. The molecular formula is C21H23N3O. The average Bonchev–Trinajstić information content (AvgIpc) is 3.15. The Bertz CT molecular complexity index is 793. The summed E-state index contributed by atoms with van der Waals surface area (Å²) < 4.78 is 1.99. The number of benzene rings is 2. The van der Waals surface area contributed by atoms with Crippen molar-refractivity contribution in [2.75, 3.05) is 0 Å². The average molecular weight is 333 g/mol. The van der Waals surface area contributed by atoms with Gasteiger partial charge in [0.2, 0.25) is 0 Å². The second-order valence-corrected chi connectivity index (χ2v) is 6.53. The summed E-state index contributed by atoms with van der Waals surface area (Å²) in [4.78, 5) is 16.7. The van der Waals surface area contributed by atoms with Crippen LogP contribution in [0.2, 0.25) is 0 Å². The van der Waals surface area contributed by atoms with Crippen molar-refractivity contribution in [3.63, 3.8) is 0 Å². The molecule has 0 aliphatic heterocycles. The molecule has 1 amide bonds. The van der Waals surface area contributed by atoms with E-state index in [0.717, 1.165) is 11.1 Å². The maximum absolute atomic E-state index is 12.6. The summed E-state index contributed by atoms with van der Waals surface area (Å²) in [6, 6.07) is 17.9. The lowest BCUT2D eigenvalue weighted by atomic mass is 10.0. The smallest absolute Gasteiger partial charge is 0.251 e. The molecule has 0 saturated heterocycles. The van der Waals surface area contributed by atoms with Gasteiger partial charge in [-0.1, -0.05) is 56.3 Å². The van der Waals surface area contributed by atoms with E-state index in [2.05, 4.69) is 36.3 Å². The van der Waals surface area contributed by atoms with Crippen LogP contribution in [0.5, 0.6) is 0 Å². The number of hydrogen-bond donors (Lipinski definition) is 1. The summed E-state index contributed by atoms with van der Waals surface area (Å²) in [6.45, 7) is 4.94. The quantitative estimate of drug-likeness (QED) is 0.741. The first kappa shape index (κ1) is 17.0. The van der Waals surface area contributed by atoms with Crippen molar-refractivity contribution in [1.82, 2.24) is 14.9 Å². The third kappa shape index (κ3) is 4.35. The van der Waals surface area contributed by atoms with Crippen molar-refractivity contribution < 1.29 is 4.79 Å². The molecule has 1 heterocycles. The SMILES string of the molecule is CC(C)[C@@H](Cn1ccnc1)NC(=O)c1ccc(-c2ccccc2)cc1. The van der Waals surface area contributed by atoms with E-state index in [4.69, 9.17) is 0 Å². The number of hydrogen-bond acceptors (Lipinski definition) is 2. The Morgan fingerprint density at radius 2 is 1.72 bits per heavy atom. The van der Waals surface area contributed by atoms with Crippen molar-refractivity contribution in [2.24, 2.45) is 5.92 Å². The first-order valence-electron chi connectivity index (χ1n) is 8.55. The van der Waals surface area contributed by atoms with Crippen LogP contribution in [-0.2, 0) is 6.54 Å². The monoisotopic (exact) mass is 333 g/mol. The van der Waals surface area contributed by atoms with E-state index < -0.39 is 0 Å². The van der Waals surface area contributed by atoms with Gasteiger partial charge in [0.05, 0.1) is 6.33 Å². The molecule has 0 spiro atoms. The van der Waals surface area contributed by atoms with Gasteiger partial charge in [0, 0.05) is 30.5 Å². The lowest BCUT2D eigenvalue weighted by Gasteiger charge is -2.23. The Morgan fingerprint density at radius 1 is 1.04 bits per heavy atom. The summed E-state index contributed by atoms with van der Waals surface area (Å²) in [6.07, 6.45) is 5.44. The lowest BCUT2D eigenvalue weighted by molar-refractivity contribution is 0.0920. The van der Waals surface area contributed by atoms with E-state index in [1.165, 1.54) is 0 Å². The summed E-state index contributed by atoms with van der Waals surface area (Å²) in [5.41, 5.74) is 2.93. The van der Waals surface area contributed by atoms with Crippen molar-refractivity contribution in [3.05, 3.63) is 78.9 Å². The molecule has 1 N–H and O–H groups in total. The summed E-state index contributed by atoms with van der Waals surface area (Å²) in [5, 5.41) is 3.14. The zero-order valence-electron chi connectivity index (χ0n) is 14.6. The minimum absolute atomic E-state index is 0.0431. The topological polar surface area (TPSA) is 46.9 Å². The first-order chi connectivity index (χ1) is 12.1. The number of carbonyl (C=O) groups excluding carboxylic acids is 1. The maximum Gasteiger partial charge on any atom is 0.251 e. The van der Waals surface area contributed by atoms with E-state index in [1.54, 1.807) is 12.5 Å². The second-order valence-electron chi connectivity index (χ2n) is 6.53.